The molecule has 6 nitrogen and oxygen atoms in total. The van der Waals surface area contributed by atoms with Crippen LogP contribution in [0.1, 0.15) is 12.6 Å². The number of carbonyl (C=O) groups excluding carboxylic acids is 1. The van der Waals surface area contributed by atoms with Crippen molar-refractivity contribution in [3.63, 3.8) is 0 Å². The van der Waals surface area contributed by atoms with Gasteiger partial charge in [-0.15, -0.1) is 0 Å². The molecule has 1 aliphatic heterocycles. The number of carbonyl (C=O) groups is 1. The number of amides is 1. The lowest BCUT2D eigenvalue weighted by Crippen LogP contribution is -2.49. The Bertz CT molecular complexity index is 430. The molecule has 1 aliphatic rings. The first kappa shape index (κ1) is 13.7. The van der Waals surface area contributed by atoms with Crippen LogP contribution in [0.5, 0.6) is 6.01 Å². The Morgan fingerprint density at radius 2 is 2.11 bits per heavy atom. The quantitative estimate of drug-likeness (QED) is 0.784. The van der Waals surface area contributed by atoms with Crippen LogP contribution in [0, 0.1) is 6.92 Å². The maximum atomic E-state index is 12.0. The molecule has 0 bridgehead atoms. The zero-order chi connectivity index (χ0) is 13.7. The van der Waals surface area contributed by atoms with Crippen LogP contribution in [0.2, 0.25) is 0 Å². The molecule has 0 aromatic carbocycles. The summed E-state index contributed by atoms with van der Waals surface area (Å²) in [7, 11) is 0. The molecule has 0 spiro atoms. The van der Waals surface area contributed by atoms with E-state index in [0.29, 0.717) is 0 Å². The summed E-state index contributed by atoms with van der Waals surface area (Å²) in [4.78, 5) is 24.2. The topological polar surface area (TPSA) is 58.6 Å². The molecule has 1 saturated heterocycles. The molecule has 0 atom stereocenters. The van der Waals surface area contributed by atoms with Gasteiger partial charge < -0.3 is 14.5 Å². The van der Waals surface area contributed by atoms with E-state index in [1.165, 1.54) is 0 Å². The van der Waals surface area contributed by atoms with Gasteiger partial charge in [0.2, 0.25) is 0 Å². The lowest BCUT2D eigenvalue weighted by molar-refractivity contribution is -0.135. The van der Waals surface area contributed by atoms with Gasteiger partial charge in [0.15, 0.2) is 6.61 Å². The van der Waals surface area contributed by atoms with Gasteiger partial charge >= 0.3 is 6.01 Å². The third-order valence-corrected chi connectivity index (χ3v) is 3.27. The number of aryl methyl sites for hydroxylation is 1. The second-order valence-electron chi connectivity index (χ2n) is 4.58. The fourth-order valence-electron chi connectivity index (χ4n) is 2.03. The Kier molecular flexibility index (Phi) is 4.68. The molecule has 1 aromatic heterocycles. The normalized spacial score (nSPS) is 16.4. The van der Waals surface area contributed by atoms with E-state index in [4.69, 9.17) is 4.74 Å². The molecule has 2 heterocycles. The molecule has 1 amide bonds. The first-order chi connectivity index (χ1) is 9.19. The van der Waals surface area contributed by atoms with Gasteiger partial charge in [-0.1, -0.05) is 6.92 Å². The molecule has 0 unspecified atom stereocenters. The van der Waals surface area contributed by atoms with Gasteiger partial charge in [0.25, 0.3) is 5.91 Å². The third-order valence-electron chi connectivity index (χ3n) is 3.27. The standard InChI is InChI=1S/C13H20N4O2/c1-3-16-6-8-17(9-7-16)12(18)10-19-13-14-5-4-11(2)15-13/h4-5H,3,6-10H2,1-2H3. The van der Waals surface area contributed by atoms with Crippen molar-refractivity contribution in [2.75, 3.05) is 39.3 Å². The average molecular weight is 264 g/mol. The number of nitrogens with zero attached hydrogens (tertiary/aromatic N) is 4. The maximum Gasteiger partial charge on any atom is 0.317 e. The number of piperazine rings is 1. The van der Waals surface area contributed by atoms with Crippen molar-refractivity contribution < 1.29 is 9.53 Å². The van der Waals surface area contributed by atoms with Crippen LogP contribution in [-0.4, -0.2) is 65.0 Å². The van der Waals surface area contributed by atoms with Crippen molar-refractivity contribution in [3.8, 4) is 6.01 Å². The predicted octanol–water partition coefficient (Wildman–Crippen LogP) is 0.328. The summed E-state index contributed by atoms with van der Waals surface area (Å²) >= 11 is 0. The molecule has 2 rings (SSSR count). The van der Waals surface area contributed by atoms with Gasteiger partial charge in [0.1, 0.15) is 0 Å². The lowest BCUT2D eigenvalue weighted by atomic mass is 10.3. The van der Waals surface area contributed by atoms with E-state index >= 15 is 0 Å². The number of hydrogen-bond acceptors (Lipinski definition) is 5. The average Bonchev–Trinajstić information content (AvgIpc) is 2.45. The van der Waals surface area contributed by atoms with Crippen LogP contribution in [0.25, 0.3) is 0 Å². The zero-order valence-electron chi connectivity index (χ0n) is 11.5. The SMILES string of the molecule is CCN1CCN(C(=O)COc2nccc(C)n2)CC1. The molecule has 1 fully saturated rings. The molecule has 0 N–H and O–H groups in total. The minimum absolute atomic E-state index is 0.000796. The highest BCUT2D eigenvalue weighted by molar-refractivity contribution is 5.77. The second kappa shape index (κ2) is 6.47. The molecule has 6 heteroatoms. The highest BCUT2D eigenvalue weighted by Gasteiger charge is 2.20. The van der Waals surface area contributed by atoms with Crippen molar-refractivity contribution in [2.24, 2.45) is 0 Å². The van der Waals surface area contributed by atoms with Crippen LogP contribution in [0.4, 0.5) is 0 Å². The van der Waals surface area contributed by atoms with Crippen molar-refractivity contribution in [3.05, 3.63) is 18.0 Å². The van der Waals surface area contributed by atoms with Gasteiger partial charge in [0, 0.05) is 38.1 Å². The van der Waals surface area contributed by atoms with Crippen LogP contribution < -0.4 is 4.74 Å². The monoisotopic (exact) mass is 264 g/mol. The van der Waals surface area contributed by atoms with Crippen molar-refractivity contribution in [1.29, 1.82) is 0 Å². The van der Waals surface area contributed by atoms with Crippen molar-refractivity contribution in [1.82, 2.24) is 19.8 Å². The number of aromatic nitrogens is 2. The third kappa shape index (κ3) is 3.89. The lowest BCUT2D eigenvalue weighted by Gasteiger charge is -2.33. The Balaban J connectivity index is 1.79. The summed E-state index contributed by atoms with van der Waals surface area (Å²) in [6, 6.07) is 2.05. The van der Waals surface area contributed by atoms with Crippen LogP contribution >= 0.6 is 0 Å². The fraction of sp³-hybridized carbons (Fsp3) is 0.615. The summed E-state index contributed by atoms with van der Waals surface area (Å²) in [5.41, 5.74) is 0.828. The van der Waals surface area contributed by atoms with E-state index in [1.807, 2.05) is 11.8 Å². The summed E-state index contributed by atoms with van der Waals surface area (Å²) in [6.45, 7) is 8.45. The van der Waals surface area contributed by atoms with E-state index in [1.54, 1.807) is 12.3 Å². The highest BCUT2D eigenvalue weighted by Crippen LogP contribution is 2.04. The Morgan fingerprint density at radius 3 is 2.74 bits per heavy atom. The Morgan fingerprint density at radius 1 is 1.37 bits per heavy atom. The minimum Gasteiger partial charge on any atom is -0.453 e. The fourth-order valence-corrected chi connectivity index (χ4v) is 2.03. The molecule has 0 saturated carbocycles. The summed E-state index contributed by atoms with van der Waals surface area (Å²) in [5.74, 6) is 0.000796. The van der Waals surface area contributed by atoms with Gasteiger partial charge in [-0.05, 0) is 19.5 Å². The molecule has 19 heavy (non-hydrogen) atoms. The van der Waals surface area contributed by atoms with Crippen LogP contribution in [0.15, 0.2) is 12.3 Å². The first-order valence-corrected chi connectivity index (χ1v) is 6.61. The van der Waals surface area contributed by atoms with Gasteiger partial charge in [-0.2, -0.15) is 0 Å². The van der Waals surface area contributed by atoms with E-state index in [2.05, 4.69) is 21.8 Å². The smallest absolute Gasteiger partial charge is 0.317 e. The van der Waals surface area contributed by atoms with E-state index < -0.39 is 0 Å². The molecular formula is C13H20N4O2. The second-order valence-corrected chi connectivity index (χ2v) is 4.58. The van der Waals surface area contributed by atoms with E-state index in [9.17, 15) is 4.79 Å². The molecule has 0 aliphatic carbocycles. The summed E-state index contributed by atoms with van der Waals surface area (Å²) < 4.78 is 5.33. The maximum absolute atomic E-state index is 12.0. The Hall–Kier alpha value is -1.69. The largest absolute Gasteiger partial charge is 0.453 e. The Labute approximate surface area is 113 Å². The number of rotatable bonds is 4. The van der Waals surface area contributed by atoms with Gasteiger partial charge in [-0.25, -0.2) is 9.97 Å². The molecule has 104 valence electrons. The van der Waals surface area contributed by atoms with Gasteiger partial charge in [-0.3, -0.25) is 4.79 Å². The molecular weight excluding hydrogens is 244 g/mol. The highest BCUT2D eigenvalue weighted by atomic mass is 16.5. The van der Waals surface area contributed by atoms with Crippen LogP contribution in [0.3, 0.4) is 0 Å². The van der Waals surface area contributed by atoms with E-state index in [-0.39, 0.29) is 18.5 Å². The summed E-state index contributed by atoms with van der Waals surface area (Å²) in [5, 5.41) is 0. The molecule has 1 aromatic rings. The van der Waals surface area contributed by atoms with Crippen molar-refractivity contribution >= 4 is 5.91 Å². The number of likely N-dealkylation sites (N-methyl/N-ethyl adjacent to an activating group) is 1. The minimum atomic E-state index is 0.000796. The first-order valence-electron chi connectivity index (χ1n) is 6.61. The van der Waals surface area contributed by atoms with Crippen molar-refractivity contribution in [2.45, 2.75) is 13.8 Å². The van der Waals surface area contributed by atoms with E-state index in [0.717, 1.165) is 38.4 Å². The predicted molar refractivity (Wildman–Crippen MR) is 71.0 cm³/mol. The molecule has 0 radical (unpaired) electrons. The number of ether oxygens (including phenoxy) is 1. The zero-order valence-corrected chi connectivity index (χ0v) is 11.5. The summed E-state index contributed by atoms with van der Waals surface area (Å²) in [6.07, 6.45) is 1.63. The number of hydrogen-bond donors (Lipinski definition) is 0. The van der Waals surface area contributed by atoms with Gasteiger partial charge in [0.05, 0.1) is 0 Å². The van der Waals surface area contributed by atoms with Crippen LogP contribution in [-0.2, 0) is 4.79 Å².